The molecule has 4 rings (SSSR count). The SMILES string of the molecule is CC#CC#CC#CC#CC#CC#CC#CC#CC#CC#CC#CC#CC(=O)N[C@@H](COC1CC(CO)C(OC2OC(CO)C(O)C(OC3OC(CO)C(O)C(OC4OC(CO)C(O)C(O)C4NC(C)=O)C3O)C2O)C(O)C1O)[C@H](O)C=CCCCCCCCCCCCCC. The topological polar surface area (TPSA) is 386 Å². The van der Waals surface area contributed by atoms with Gasteiger partial charge in [-0.05, 0) is 121 Å². The van der Waals surface area contributed by atoms with Crippen LogP contribution in [-0.4, -0.2) is 240 Å². The van der Waals surface area contributed by atoms with Crippen LogP contribution in [0.5, 0.6) is 0 Å². The minimum Gasteiger partial charge on any atom is -0.396 e. The molecule has 0 aromatic carbocycles. The summed E-state index contributed by atoms with van der Waals surface area (Å²) in [6.07, 6.45) is -17.5. The number of carbonyl (C=O) groups is 2. The predicted octanol–water partition coefficient (Wildman–Crippen LogP) is -3.75. The summed E-state index contributed by atoms with van der Waals surface area (Å²) in [5, 5.41) is 148. The molecule has 1 aliphatic carbocycles. The molecule has 2 amide bonds. The van der Waals surface area contributed by atoms with Gasteiger partial charge in [-0.25, -0.2) is 0 Å². The van der Waals surface area contributed by atoms with Crippen LogP contribution in [0, 0.1) is 148 Å². The van der Waals surface area contributed by atoms with Gasteiger partial charge in [0, 0.05) is 60.9 Å². The maximum absolute atomic E-state index is 13.2. The number of hydrogen-bond donors (Lipinski definition) is 15. The Balaban J connectivity index is 1.43. The molecule has 510 valence electrons. The van der Waals surface area contributed by atoms with Gasteiger partial charge in [0.25, 0.3) is 5.91 Å². The molecule has 95 heavy (non-hydrogen) atoms. The highest BCUT2D eigenvalue weighted by molar-refractivity contribution is 5.94. The number of carbonyl (C=O) groups excluding carboxylic acids is 2. The summed E-state index contributed by atoms with van der Waals surface area (Å²) < 4.78 is 40.7. The second-order valence-corrected chi connectivity index (χ2v) is 22.1. The van der Waals surface area contributed by atoms with Crippen molar-refractivity contribution < 1.29 is 109 Å². The highest BCUT2D eigenvalue weighted by atomic mass is 16.8. The lowest BCUT2D eigenvalue weighted by molar-refractivity contribution is -0.381. The third-order valence-electron chi connectivity index (χ3n) is 15.2. The van der Waals surface area contributed by atoms with Crippen molar-refractivity contribution in [3.05, 3.63) is 12.2 Å². The first-order valence-corrected chi connectivity index (χ1v) is 31.2. The summed E-state index contributed by atoms with van der Waals surface area (Å²) in [6.45, 7) is 1.01. The molecule has 22 atom stereocenters. The Kier molecular flexibility index (Phi) is 38.7. The molecule has 3 saturated heterocycles. The van der Waals surface area contributed by atoms with Gasteiger partial charge in [-0.15, -0.1) is 0 Å². The van der Waals surface area contributed by atoms with E-state index in [9.17, 15) is 76.0 Å². The predicted molar refractivity (Wildman–Crippen MR) is 340 cm³/mol. The number of ether oxygens (including phenoxy) is 7. The summed E-state index contributed by atoms with van der Waals surface area (Å²) in [6, 6.07) is -2.74. The van der Waals surface area contributed by atoms with Crippen LogP contribution in [-0.2, 0) is 42.7 Å². The summed E-state index contributed by atoms with van der Waals surface area (Å²) in [7, 11) is 0. The van der Waals surface area contributed by atoms with Gasteiger partial charge >= 0.3 is 0 Å². The van der Waals surface area contributed by atoms with E-state index in [0.717, 1.165) is 32.6 Å². The molecule has 24 nitrogen and oxygen atoms in total. The Hall–Kier alpha value is -7.40. The van der Waals surface area contributed by atoms with Crippen molar-refractivity contribution in [1.82, 2.24) is 10.6 Å². The van der Waals surface area contributed by atoms with Crippen LogP contribution >= 0.6 is 0 Å². The molecular formula is C71H84N2O22. The molecule has 15 N–H and O–H groups in total. The Morgan fingerprint density at radius 3 is 1.35 bits per heavy atom. The number of rotatable bonds is 29. The first-order chi connectivity index (χ1) is 46.0. The van der Waals surface area contributed by atoms with Gasteiger partial charge < -0.3 is 110 Å². The Morgan fingerprint density at radius 2 is 0.905 bits per heavy atom. The number of allylic oxidation sites excluding steroid dienone is 1. The fourth-order valence-corrected chi connectivity index (χ4v) is 10.2. The zero-order valence-electron chi connectivity index (χ0n) is 53.1. The Bertz CT molecular complexity index is 3290. The lowest BCUT2D eigenvalue weighted by atomic mass is 9.80. The molecule has 1 saturated carbocycles. The van der Waals surface area contributed by atoms with E-state index in [0.29, 0.717) is 6.42 Å². The van der Waals surface area contributed by atoms with Gasteiger partial charge in [0.2, 0.25) is 5.91 Å². The van der Waals surface area contributed by atoms with E-state index < -0.39 is 179 Å². The van der Waals surface area contributed by atoms with Crippen molar-refractivity contribution in [2.24, 2.45) is 5.92 Å². The largest absolute Gasteiger partial charge is 0.396 e. The van der Waals surface area contributed by atoms with Gasteiger partial charge in [0.15, 0.2) is 18.9 Å². The third-order valence-corrected chi connectivity index (χ3v) is 15.2. The van der Waals surface area contributed by atoms with Gasteiger partial charge in [-0.1, -0.05) is 89.2 Å². The Labute approximate surface area is 555 Å². The van der Waals surface area contributed by atoms with E-state index in [1.54, 1.807) is 13.0 Å². The third kappa shape index (κ3) is 27.7. The molecule has 3 aliphatic heterocycles. The van der Waals surface area contributed by atoms with Gasteiger partial charge in [-0.2, -0.15) is 0 Å². The molecule has 0 radical (unpaired) electrons. The van der Waals surface area contributed by atoms with Gasteiger partial charge in [-0.3, -0.25) is 9.59 Å². The van der Waals surface area contributed by atoms with Crippen LogP contribution in [0.2, 0.25) is 0 Å². The van der Waals surface area contributed by atoms with E-state index in [1.165, 1.54) is 51.0 Å². The Morgan fingerprint density at radius 1 is 0.495 bits per heavy atom. The van der Waals surface area contributed by atoms with Gasteiger partial charge in [0.1, 0.15) is 85.4 Å². The van der Waals surface area contributed by atoms with E-state index in [1.807, 2.05) is 0 Å². The molecule has 20 unspecified atom stereocenters. The monoisotopic (exact) mass is 1320 g/mol. The zero-order chi connectivity index (χ0) is 69.3. The normalized spacial score (nSPS) is 30.0. The second-order valence-electron chi connectivity index (χ2n) is 22.1. The van der Waals surface area contributed by atoms with Crippen LogP contribution in [0.25, 0.3) is 0 Å². The smallest absolute Gasteiger partial charge is 0.297 e. The summed E-state index contributed by atoms with van der Waals surface area (Å²) in [5.74, 6) is 56.7. The first-order valence-electron chi connectivity index (χ1n) is 31.2. The van der Waals surface area contributed by atoms with Crippen LogP contribution in [0.3, 0.4) is 0 Å². The molecular weight excluding hydrogens is 1230 g/mol. The van der Waals surface area contributed by atoms with Crippen molar-refractivity contribution in [2.75, 3.05) is 33.0 Å². The average Bonchev–Trinajstić information content (AvgIpc) is 0.794. The van der Waals surface area contributed by atoms with E-state index in [-0.39, 0.29) is 6.42 Å². The molecule has 3 heterocycles. The van der Waals surface area contributed by atoms with Crippen molar-refractivity contribution in [3.8, 4) is 142 Å². The van der Waals surface area contributed by atoms with E-state index in [4.69, 9.17) is 33.2 Å². The number of amides is 2. The molecule has 0 bridgehead atoms. The highest BCUT2D eigenvalue weighted by Gasteiger charge is 2.55. The van der Waals surface area contributed by atoms with Gasteiger partial charge in [0.05, 0.1) is 50.8 Å². The fraction of sp³-hybridized carbons (Fsp3) is 0.606. The number of unbranched alkanes of at least 4 members (excludes halogenated alkanes) is 11. The fourth-order valence-electron chi connectivity index (χ4n) is 10.2. The molecule has 4 fully saturated rings. The van der Waals surface area contributed by atoms with Crippen molar-refractivity contribution >= 4 is 11.8 Å². The number of aliphatic hydroxyl groups excluding tert-OH is 13. The molecule has 24 heteroatoms. The number of aliphatic hydroxyl groups is 13. The molecule has 0 aromatic heterocycles. The molecule has 4 aliphatic rings. The number of nitrogens with one attached hydrogen (secondary N) is 2. The molecule has 0 aromatic rings. The first kappa shape index (κ1) is 80.0. The second kappa shape index (κ2) is 45.9. The zero-order valence-corrected chi connectivity index (χ0v) is 53.1. The van der Waals surface area contributed by atoms with Crippen molar-refractivity contribution in [2.45, 2.75) is 233 Å². The van der Waals surface area contributed by atoms with Crippen LogP contribution < -0.4 is 10.6 Å². The lowest BCUT2D eigenvalue weighted by Crippen LogP contribution is -2.68. The molecule has 0 spiro atoms. The minimum absolute atomic E-state index is 0.244. The summed E-state index contributed by atoms with van der Waals surface area (Å²) >= 11 is 0. The summed E-state index contributed by atoms with van der Waals surface area (Å²) in [5.41, 5.74) is 0. The highest BCUT2D eigenvalue weighted by Crippen LogP contribution is 2.36. The van der Waals surface area contributed by atoms with Crippen molar-refractivity contribution in [1.29, 1.82) is 0 Å². The number of hydrogen-bond acceptors (Lipinski definition) is 22. The van der Waals surface area contributed by atoms with Crippen molar-refractivity contribution in [3.63, 3.8) is 0 Å². The minimum atomic E-state index is -2.12. The van der Waals surface area contributed by atoms with Crippen LogP contribution in [0.4, 0.5) is 0 Å². The van der Waals surface area contributed by atoms with E-state index in [2.05, 4.69) is 160 Å². The summed E-state index contributed by atoms with van der Waals surface area (Å²) in [4.78, 5) is 25.2. The average molecular weight is 1320 g/mol. The maximum Gasteiger partial charge on any atom is 0.297 e. The van der Waals surface area contributed by atoms with Crippen LogP contribution in [0.15, 0.2) is 12.2 Å². The van der Waals surface area contributed by atoms with E-state index >= 15 is 0 Å². The lowest BCUT2D eigenvalue weighted by Gasteiger charge is -2.49. The maximum atomic E-state index is 13.2. The quantitative estimate of drug-likeness (QED) is 0.0194. The standard InChI is InChI=1S/C71H84N2O22/c1-4-6-8-10-12-14-16-18-19-20-21-22-23-24-25-26-27-29-31-33-35-37-39-41-56(80)73-50(51(79)40-38-36-34-32-30-28-17-15-13-11-9-7-5-2)47-89-52-42-49(43-74)66(63(86)58(52)81)93-70-65(88)68(61(84)55(46-77)91-70)95-71-64(87)67(60(83)54(45-76)92-71)94-69-57(72-48(3)78)62(85)59(82)53(44-75)90-69/h38,40,49-55,57-71,74-77,79,81-88H,5,7,9,11,13,15,17,28,30,32,34,36,42-47H2,1-3H3,(H,72,78)(H,73,80)/t49?,50-,51+,52?,53?,54?,55?,57?,58?,59?,60?,61?,62?,63?,64?,65?,66?,67?,68?,69?,70?,71?/m0/s1. The van der Waals surface area contributed by atoms with Crippen LogP contribution in [0.1, 0.15) is 104 Å².